The van der Waals surface area contributed by atoms with E-state index in [1.807, 2.05) is 30.3 Å². The smallest absolute Gasteiger partial charge is 0.218 e. The Kier molecular flexibility index (Phi) is 5.32. The molecule has 0 atom stereocenters. The molecule has 1 aromatic heterocycles. The first-order chi connectivity index (χ1) is 9.70. The molecule has 2 aromatic rings. The van der Waals surface area contributed by atoms with Crippen LogP contribution >= 0.6 is 0 Å². The van der Waals surface area contributed by atoms with Gasteiger partial charge in [0.1, 0.15) is 6.61 Å². The molecular weight excluding hydrogens is 252 g/mol. The fourth-order valence-electron chi connectivity index (χ4n) is 1.93. The van der Waals surface area contributed by atoms with E-state index in [1.165, 1.54) is 0 Å². The molecule has 0 aliphatic rings. The maximum absolute atomic E-state index is 5.76. The van der Waals surface area contributed by atoms with E-state index in [0.29, 0.717) is 31.6 Å². The standard InChI is InChI=1S/C16H22N2O2/c1-12(2)11-19-7-8-20-16-14(10-17)9-13-5-3-4-6-15(13)18-16/h3-6,9,12H,7-8,10-11,17H2,1-2H3. The number of pyridine rings is 1. The number of hydrogen-bond donors (Lipinski definition) is 1. The van der Waals surface area contributed by atoms with E-state index in [0.717, 1.165) is 23.1 Å². The van der Waals surface area contributed by atoms with Crippen molar-refractivity contribution in [2.45, 2.75) is 20.4 Å². The fourth-order valence-corrected chi connectivity index (χ4v) is 1.93. The number of rotatable bonds is 7. The van der Waals surface area contributed by atoms with Crippen LogP contribution in [0, 0.1) is 5.92 Å². The predicted octanol–water partition coefficient (Wildman–Crippen LogP) is 2.74. The van der Waals surface area contributed by atoms with Gasteiger partial charge < -0.3 is 15.2 Å². The van der Waals surface area contributed by atoms with Gasteiger partial charge in [0.25, 0.3) is 0 Å². The van der Waals surface area contributed by atoms with Gasteiger partial charge >= 0.3 is 0 Å². The Hall–Kier alpha value is -1.65. The number of ether oxygens (including phenoxy) is 2. The van der Waals surface area contributed by atoms with Crippen molar-refractivity contribution < 1.29 is 9.47 Å². The van der Waals surface area contributed by atoms with E-state index < -0.39 is 0 Å². The number of nitrogens with zero attached hydrogens (tertiary/aromatic N) is 1. The Morgan fingerprint density at radius 1 is 1.20 bits per heavy atom. The maximum Gasteiger partial charge on any atom is 0.218 e. The molecular formula is C16H22N2O2. The number of hydrogen-bond acceptors (Lipinski definition) is 4. The quantitative estimate of drug-likeness (QED) is 0.789. The molecule has 108 valence electrons. The summed E-state index contributed by atoms with van der Waals surface area (Å²) in [4.78, 5) is 4.52. The van der Waals surface area contributed by atoms with E-state index in [-0.39, 0.29) is 0 Å². The van der Waals surface area contributed by atoms with Crippen LogP contribution in [0.3, 0.4) is 0 Å². The number of benzene rings is 1. The summed E-state index contributed by atoms with van der Waals surface area (Å²) >= 11 is 0. The van der Waals surface area contributed by atoms with Gasteiger partial charge in [-0.1, -0.05) is 32.0 Å². The molecule has 0 aliphatic heterocycles. The minimum atomic E-state index is 0.417. The summed E-state index contributed by atoms with van der Waals surface area (Å²) in [6.45, 7) is 6.47. The molecule has 0 amide bonds. The minimum Gasteiger partial charge on any atom is -0.475 e. The molecule has 0 fully saturated rings. The van der Waals surface area contributed by atoms with E-state index in [4.69, 9.17) is 15.2 Å². The van der Waals surface area contributed by atoms with Gasteiger partial charge in [-0.05, 0) is 18.1 Å². The molecule has 0 spiro atoms. The van der Waals surface area contributed by atoms with Crippen LogP contribution in [0.25, 0.3) is 10.9 Å². The van der Waals surface area contributed by atoms with Crippen LogP contribution < -0.4 is 10.5 Å². The highest BCUT2D eigenvalue weighted by molar-refractivity contribution is 5.79. The molecule has 0 bridgehead atoms. The Balaban J connectivity index is 2.01. The summed E-state index contributed by atoms with van der Waals surface area (Å²) < 4.78 is 11.2. The third-order valence-corrected chi connectivity index (χ3v) is 2.90. The second-order valence-corrected chi connectivity index (χ2v) is 5.17. The number of aromatic nitrogens is 1. The van der Waals surface area contributed by atoms with Crippen LogP contribution in [0.5, 0.6) is 5.88 Å². The van der Waals surface area contributed by atoms with Crippen molar-refractivity contribution in [2.75, 3.05) is 19.8 Å². The zero-order valence-corrected chi connectivity index (χ0v) is 12.1. The fraction of sp³-hybridized carbons (Fsp3) is 0.438. The zero-order chi connectivity index (χ0) is 14.4. The lowest BCUT2D eigenvalue weighted by Crippen LogP contribution is -2.12. The lowest BCUT2D eigenvalue weighted by atomic mass is 10.1. The molecule has 1 heterocycles. The molecule has 4 nitrogen and oxygen atoms in total. The average molecular weight is 274 g/mol. The molecule has 4 heteroatoms. The highest BCUT2D eigenvalue weighted by atomic mass is 16.5. The zero-order valence-electron chi connectivity index (χ0n) is 12.1. The topological polar surface area (TPSA) is 57.4 Å². The Morgan fingerprint density at radius 2 is 2.00 bits per heavy atom. The van der Waals surface area contributed by atoms with Gasteiger partial charge in [-0.25, -0.2) is 4.98 Å². The normalized spacial score (nSPS) is 11.2. The van der Waals surface area contributed by atoms with Crippen molar-refractivity contribution in [3.05, 3.63) is 35.9 Å². The van der Waals surface area contributed by atoms with Crippen molar-refractivity contribution in [1.82, 2.24) is 4.98 Å². The van der Waals surface area contributed by atoms with Gasteiger partial charge in [0.15, 0.2) is 0 Å². The summed E-state index contributed by atoms with van der Waals surface area (Å²) in [6, 6.07) is 9.99. The highest BCUT2D eigenvalue weighted by Crippen LogP contribution is 2.21. The van der Waals surface area contributed by atoms with Gasteiger partial charge in [-0.15, -0.1) is 0 Å². The summed E-state index contributed by atoms with van der Waals surface area (Å²) in [5.41, 5.74) is 7.60. The highest BCUT2D eigenvalue weighted by Gasteiger charge is 2.07. The molecule has 1 aromatic carbocycles. The van der Waals surface area contributed by atoms with Crippen molar-refractivity contribution in [3.63, 3.8) is 0 Å². The van der Waals surface area contributed by atoms with E-state index in [9.17, 15) is 0 Å². The first kappa shape index (κ1) is 14.8. The van der Waals surface area contributed by atoms with Gasteiger partial charge in [0.2, 0.25) is 5.88 Å². The second kappa shape index (κ2) is 7.22. The van der Waals surface area contributed by atoms with Crippen LogP contribution in [0.4, 0.5) is 0 Å². The average Bonchev–Trinajstić information content (AvgIpc) is 2.45. The van der Waals surface area contributed by atoms with Crippen molar-refractivity contribution in [3.8, 4) is 5.88 Å². The summed E-state index contributed by atoms with van der Waals surface area (Å²) in [6.07, 6.45) is 0. The molecule has 0 saturated carbocycles. The van der Waals surface area contributed by atoms with Crippen molar-refractivity contribution in [2.24, 2.45) is 11.7 Å². The van der Waals surface area contributed by atoms with E-state index >= 15 is 0 Å². The van der Waals surface area contributed by atoms with Gasteiger partial charge in [-0.3, -0.25) is 0 Å². The molecule has 2 rings (SSSR count). The molecule has 0 unspecified atom stereocenters. The molecule has 2 N–H and O–H groups in total. The molecule has 0 saturated heterocycles. The SMILES string of the molecule is CC(C)COCCOc1nc2ccccc2cc1CN. The number of nitrogens with two attached hydrogens (primary N) is 1. The first-order valence-corrected chi connectivity index (χ1v) is 7.00. The van der Waals surface area contributed by atoms with Crippen LogP contribution in [0.15, 0.2) is 30.3 Å². The van der Waals surface area contributed by atoms with Crippen LogP contribution in [-0.2, 0) is 11.3 Å². The summed E-state index contributed by atoms with van der Waals surface area (Å²) in [5, 5.41) is 1.08. The van der Waals surface area contributed by atoms with Crippen LogP contribution in [-0.4, -0.2) is 24.8 Å². The lowest BCUT2D eigenvalue weighted by molar-refractivity contribution is 0.0804. The lowest BCUT2D eigenvalue weighted by Gasteiger charge is -2.11. The monoisotopic (exact) mass is 274 g/mol. The molecule has 20 heavy (non-hydrogen) atoms. The maximum atomic E-state index is 5.76. The third kappa shape index (κ3) is 3.92. The number of fused-ring (bicyclic) bond motifs is 1. The second-order valence-electron chi connectivity index (χ2n) is 5.17. The van der Waals surface area contributed by atoms with Gasteiger partial charge in [-0.2, -0.15) is 0 Å². The summed E-state index contributed by atoms with van der Waals surface area (Å²) in [7, 11) is 0. The van der Waals surface area contributed by atoms with Crippen LogP contribution in [0.2, 0.25) is 0 Å². The molecule has 0 radical (unpaired) electrons. The van der Waals surface area contributed by atoms with Gasteiger partial charge in [0.05, 0.1) is 12.1 Å². The third-order valence-electron chi connectivity index (χ3n) is 2.90. The van der Waals surface area contributed by atoms with E-state index in [1.54, 1.807) is 0 Å². The number of para-hydroxylation sites is 1. The van der Waals surface area contributed by atoms with Crippen molar-refractivity contribution in [1.29, 1.82) is 0 Å². The first-order valence-electron chi connectivity index (χ1n) is 7.00. The van der Waals surface area contributed by atoms with Gasteiger partial charge in [0, 0.05) is 24.1 Å². The molecule has 0 aliphatic carbocycles. The Morgan fingerprint density at radius 3 is 2.75 bits per heavy atom. The Bertz CT molecular complexity index is 555. The minimum absolute atomic E-state index is 0.417. The predicted molar refractivity (Wildman–Crippen MR) is 80.8 cm³/mol. The Labute approximate surface area is 119 Å². The van der Waals surface area contributed by atoms with Crippen LogP contribution in [0.1, 0.15) is 19.4 Å². The summed E-state index contributed by atoms with van der Waals surface area (Å²) in [5.74, 6) is 1.15. The van der Waals surface area contributed by atoms with E-state index in [2.05, 4.69) is 18.8 Å². The van der Waals surface area contributed by atoms with Crippen molar-refractivity contribution >= 4 is 10.9 Å². The largest absolute Gasteiger partial charge is 0.475 e.